The average Bonchev–Trinajstić information content (AvgIpc) is 2.54. The van der Waals surface area contributed by atoms with Crippen LogP contribution >= 0.6 is 0 Å². The fourth-order valence-electron chi connectivity index (χ4n) is 3.41. The van der Waals surface area contributed by atoms with Crippen LogP contribution in [-0.2, 0) is 10.0 Å². The summed E-state index contributed by atoms with van der Waals surface area (Å²) in [7, 11) is -3.20. The highest BCUT2D eigenvalue weighted by Crippen LogP contribution is 2.25. The monoisotopic (exact) mass is 336 g/mol. The van der Waals surface area contributed by atoms with Crippen LogP contribution in [0.3, 0.4) is 0 Å². The van der Waals surface area contributed by atoms with Gasteiger partial charge >= 0.3 is 0 Å². The number of hydrogen-bond acceptors (Lipinski definition) is 3. The van der Waals surface area contributed by atoms with Crippen molar-refractivity contribution in [3.8, 4) is 0 Å². The van der Waals surface area contributed by atoms with Gasteiger partial charge in [0.1, 0.15) is 0 Å². The highest BCUT2D eigenvalue weighted by molar-refractivity contribution is 7.92. The molecule has 0 saturated carbocycles. The summed E-state index contributed by atoms with van der Waals surface area (Å²) in [5, 5.41) is 0. The summed E-state index contributed by atoms with van der Waals surface area (Å²) in [6.07, 6.45) is 3.83. The van der Waals surface area contributed by atoms with Gasteiger partial charge in [-0.2, -0.15) is 0 Å². The van der Waals surface area contributed by atoms with E-state index < -0.39 is 10.0 Å². The summed E-state index contributed by atoms with van der Waals surface area (Å²) in [4.78, 5) is 14.5. The lowest BCUT2D eigenvalue weighted by Crippen LogP contribution is -2.39. The Labute approximate surface area is 138 Å². The SMILES string of the molecule is CC1CCCN(C(=O)c2ccc(N3CCCCS3(=O)=O)cc2)C1. The van der Waals surface area contributed by atoms with Gasteiger partial charge in [0, 0.05) is 25.2 Å². The smallest absolute Gasteiger partial charge is 0.253 e. The van der Waals surface area contributed by atoms with Crippen LogP contribution in [0, 0.1) is 5.92 Å². The predicted octanol–water partition coefficient (Wildman–Crippen LogP) is 2.49. The second kappa shape index (κ2) is 6.51. The van der Waals surface area contributed by atoms with Crippen molar-refractivity contribution in [2.75, 3.05) is 29.7 Å². The molecule has 1 aromatic rings. The molecule has 0 spiro atoms. The molecule has 0 N–H and O–H groups in total. The Morgan fingerprint density at radius 3 is 2.48 bits per heavy atom. The van der Waals surface area contributed by atoms with Crippen LogP contribution in [0.2, 0.25) is 0 Å². The first-order valence-electron chi connectivity index (χ1n) is 8.37. The minimum atomic E-state index is -3.20. The maximum atomic E-state index is 12.6. The molecule has 23 heavy (non-hydrogen) atoms. The van der Waals surface area contributed by atoms with E-state index in [0.717, 1.165) is 32.4 Å². The number of benzene rings is 1. The van der Waals surface area contributed by atoms with E-state index in [1.54, 1.807) is 24.3 Å². The zero-order valence-electron chi connectivity index (χ0n) is 13.6. The van der Waals surface area contributed by atoms with Gasteiger partial charge in [0.2, 0.25) is 10.0 Å². The molecule has 0 bridgehead atoms. The van der Waals surface area contributed by atoms with E-state index in [9.17, 15) is 13.2 Å². The Kier molecular flexibility index (Phi) is 4.62. The molecule has 1 amide bonds. The van der Waals surface area contributed by atoms with E-state index in [0.29, 0.717) is 23.7 Å². The lowest BCUT2D eigenvalue weighted by Gasteiger charge is -2.31. The molecule has 0 radical (unpaired) electrons. The van der Waals surface area contributed by atoms with Crippen molar-refractivity contribution in [1.29, 1.82) is 0 Å². The van der Waals surface area contributed by atoms with Gasteiger partial charge in [-0.1, -0.05) is 6.92 Å². The van der Waals surface area contributed by atoms with Gasteiger partial charge in [0.25, 0.3) is 5.91 Å². The second-order valence-electron chi connectivity index (χ2n) is 6.64. The zero-order valence-corrected chi connectivity index (χ0v) is 14.4. The minimum Gasteiger partial charge on any atom is -0.338 e. The molecule has 2 saturated heterocycles. The fourth-order valence-corrected chi connectivity index (χ4v) is 5.05. The van der Waals surface area contributed by atoms with Crippen molar-refractivity contribution in [3.63, 3.8) is 0 Å². The quantitative estimate of drug-likeness (QED) is 0.834. The van der Waals surface area contributed by atoms with Crippen molar-refractivity contribution >= 4 is 21.6 Å². The molecule has 2 fully saturated rings. The summed E-state index contributed by atoms with van der Waals surface area (Å²) in [5.74, 6) is 0.800. The van der Waals surface area contributed by atoms with Crippen molar-refractivity contribution in [3.05, 3.63) is 29.8 Å². The Bertz CT molecular complexity index is 670. The molecule has 5 nitrogen and oxygen atoms in total. The van der Waals surface area contributed by atoms with Crippen LogP contribution in [0.5, 0.6) is 0 Å². The molecule has 3 rings (SSSR count). The number of carbonyl (C=O) groups is 1. The third kappa shape index (κ3) is 3.52. The Morgan fingerprint density at radius 2 is 1.83 bits per heavy atom. The molecular weight excluding hydrogens is 312 g/mol. The van der Waals surface area contributed by atoms with E-state index >= 15 is 0 Å². The number of anilines is 1. The standard InChI is InChI=1S/C17H24N2O3S/c1-14-5-4-10-18(13-14)17(20)15-6-8-16(9-7-15)19-11-2-3-12-23(19,21)22/h6-9,14H,2-5,10-13H2,1H3. The number of hydrogen-bond donors (Lipinski definition) is 0. The molecule has 2 aliphatic heterocycles. The molecule has 0 aromatic heterocycles. The number of nitrogens with zero attached hydrogens (tertiary/aromatic N) is 2. The third-order valence-electron chi connectivity index (χ3n) is 4.70. The largest absolute Gasteiger partial charge is 0.338 e. The van der Waals surface area contributed by atoms with Gasteiger partial charge in [0.05, 0.1) is 11.4 Å². The van der Waals surface area contributed by atoms with Gasteiger partial charge in [-0.15, -0.1) is 0 Å². The number of carbonyl (C=O) groups excluding carboxylic acids is 1. The number of rotatable bonds is 2. The van der Waals surface area contributed by atoms with Gasteiger partial charge in [-0.25, -0.2) is 8.42 Å². The summed E-state index contributed by atoms with van der Waals surface area (Å²) in [6.45, 7) is 4.32. The van der Waals surface area contributed by atoms with Gasteiger partial charge < -0.3 is 4.90 Å². The lowest BCUT2D eigenvalue weighted by atomic mass is 9.99. The van der Waals surface area contributed by atoms with Crippen LogP contribution in [0.4, 0.5) is 5.69 Å². The van der Waals surface area contributed by atoms with Crippen LogP contribution in [0.15, 0.2) is 24.3 Å². The number of sulfonamides is 1. The highest BCUT2D eigenvalue weighted by atomic mass is 32.2. The van der Waals surface area contributed by atoms with Crippen molar-refractivity contribution in [2.24, 2.45) is 5.92 Å². The Morgan fingerprint density at radius 1 is 1.09 bits per heavy atom. The summed E-state index contributed by atoms with van der Waals surface area (Å²) in [6, 6.07) is 7.01. The van der Waals surface area contributed by atoms with Crippen LogP contribution < -0.4 is 4.31 Å². The molecule has 1 atom stereocenters. The first-order valence-corrected chi connectivity index (χ1v) is 9.98. The van der Waals surface area contributed by atoms with Crippen LogP contribution in [0.25, 0.3) is 0 Å². The maximum absolute atomic E-state index is 12.6. The summed E-state index contributed by atoms with van der Waals surface area (Å²) < 4.78 is 25.7. The number of likely N-dealkylation sites (tertiary alicyclic amines) is 1. The summed E-state index contributed by atoms with van der Waals surface area (Å²) >= 11 is 0. The van der Waals surface area contributed by atoms with Crippen LogP contribution in [0.1, 0.15) is 43.0 Å². The predicted molar refractivity (Wildman–Crippen MR) is 91.1 cm³/mol. The first-order chi connectivity index (χ1) is 11.0. The maximum Gasteiger partial charge on any atom is 0.253 e. The molecule has 6 heteroatoms. The summed E-state index contributed by atoms with van der Waals surface area (Å²) in [5.41, 5.74) is 1.30. The number of amides is 1. The topological polar surface area (TPSA) is 57.7 Å². The second-order valence-corrected chi connectivity index (χ2v) is 8.65. The molecule has 2 aliphatic rings. The van der Waals surface area contributed by atoms with E-state index in [2.05, 4.69) is 6.92 Å². The van der Waals surface area contributed by atoms with E-state index in [1.807, 2.05) is 4.90 Å². The minimum absolute atomic E-state index is 0.0459. The van der Waals surface area contributed by atoms with Gasteiger partial charge in [-0.3, -0.25) is 9.10 Å². The van der Waals surface area contributed by atoms with Crippen LogP contribution in [-0.4, -0.2) is 44.6 Å². The number of piperidine rings is 1. The molecule has 1 aromatic carbocycles. The highest BCUT2D eigenvalue weighted by Gasteiger charge is 2.26. The van der Waals surface area contributed by atoms with Crippen molar-refractivity contribution < 1.29 is 13.2 Å². The van der Waals surface area contributed by atoms with E-state index in [4.69, 9.17) is 0 Å². The average molecular weight is 336 g/mol. The molecule has 1 unspecified atom stereocenters. The lowest BCUT2D eigenvalue weighted by molar-refractivity contribution is 0.0683. The Balaban J connectivity index is 1.75. The van der Waals surface area contributed by atoms with Gasteiger partial charge in [0.15, 0.2) is 0 Å². The first kappa shape index (κ1) is 16.3. The third-order valence-corrected chi connectivity index (χ3v) is 6.57. The van der Waals surface area contributed by atoms with E-state index in [1.165, 1.54) is 10.7 Å². The van der Waals surface area contributed by atoms with E-state index in [-0.39, 0.29) is 11.7 Å². The Hall–Kier alpha value is -1.56. The molecular formula is C17H24N2O3S. The normalized spacial score (nSPS) is 24.5. The van der Waals surface area contributed by atoms with Gasteiger partial charge in [-0.05, 0) is 55.9 Å². The molecule has 2 heterocycles. The van der Waals surface area contributed by atoms with Crippen molar-refractivity contribution in [2.45, 2.75) is 32.6 Å². The molecule has 0 aliphatic carbocycles. The zero-order chi connectivity index (χ0) is 16.4. The van der Waals surface area contributed by atoms with Crippen molar-refractivity contribution in [1.82, 2.24) is 4.90 Å². The fraction of sp³-hybridized carbons (Fsp3) is 0.588. The molecule has 126 valence electrons.